The van der Waals surface area contributed by atoms with E-state index < -0.39 is 21.7 Å². The van der Waals surface area contributed by atoms with E-state index in [0.717, 1.165) is 6.42 Å². The Labute approximate surface area is 182 Å². The van der Waals surface area contributed by atoms with Gasteiger partial charge in [0.15, 0.2) is 5.96 Å². The molecule has 0 spiro atoms. The van der Waals surface area contributed by atoms with Crippen LogP contribution in [0.4, 0.5) is 14.5 Å². The standard InChI is InChI=1S/C17H27F2N5O2S.HI/c1-3-27(25,26)22-10-5-9-21-17(20-2)23-13-8-11-24(12-13)16-14(18)6-4-7-15(16)19;/h4,6-7,13,22H,3,5,8-12H2,1-2H3,(H2,20,21,23);1H. The van der Waals surface area contributed by atoms with Gasteiger partial charge in [-0.25, -0.2) is 21.9 Å². The van der Waals surface area contributed by atoms with Crippen LogP contribution in [0.2, 0.25) is 0 Å². The van der Waals surface area contributed by atoms with Crippen LogP contribution in [-0.2, 0) is 10.0 Å². The summed E-state index contributed by atoms with van der Waals surface area (Å²) in [6, 6.07) is 3.87. The van der Waals surface area contributed by atoms with Crippen molar-refractivity contribution in [3.63, 3.8) is 0 Å². The maximum atomic E-state index is 13.9. The third-order valence-electron chi connectivity index (χ3n) is 4.35. The summed E-state index contributed by atoms with van der Waals surface area (Å²) in [6.07, 6.45) is 1.34. The van der Waals surface area contributed by atoms with Gasteiger partial charge in [-0.05, 0) is 31.9 Å². The Kier molecular flexibility index (Phi) is 10.4. The van der Waals surface area contributed by atoms with Gasteiger partial charge in [0.1, 0.15) is 17.3 Å². The van der Waals surface area contributed by atoms with Gasteiger partial charge in [0.25, 0.3) is 0 Å². The summed E-state index contributed by atoms with van der Waals surface area (Å²) in [5, 5.41) is 6.35. The molecular weight excluding hydrogens is 503 g/mol. The van der Waals surface area contributed by atoms with Crippen LogP contribution >= 0.6 is 24.0 Å². The molecule has 0 aliphatic carbocycles. The van der Waals surface area contributed by atoms with Crippen LogP contribution in [0.3, 0.4) is 0 Å². The minimum absolute atomic E-state index is 0. The summed E-state index contributed by atoms with van der Waals surface area (Å²) < 4.78 is 53.0. The lowest BCUT2D eigenvalue weighted by Crippen LogP contribution is -2.45. The number of sulfonamides is 1. The molecule has 2 rings (SSSR count). The topological polar surface area (TPSA) is 85.8 Å². The van der Waals surface area contributed by atoms with Crippen LogP contribution in [0.25, 0.3) is 0 Å². The van der Waals surface area contributed by atoms with E-state index in [1.807, 2.05) is 0 Å². The number of guanidine groups is 1. The van der Waals surface area contributed by atoms with Gasteiger partial charge in [-0.3, -0.25) is 4.99 Å². The molecule has 1 aromatic carbocycles. The van der Waals surface area contributed by atoms with Crippen LogP contribution in [0, 0.1) is 11.6 Å². The van der Waals surface area contributed by atoms with Crippen molar-refractivity contribution in [1.82, 2.24) is 15.4 Å². The zero-order valence-electron chi connectivity index (χ0n) is 16.0. The molecule has 1 aromatic rings. The first-order valence-corrected chi connectivity index (χ1v) is 10.6. The first-order chi connectivity index (χ1) is 12.9. The molecule has 0 amide bonds. The van der Waals surface area contributed by atoms with E-state index in [-0.39, 0.29) is 41.5 Å². The molecule has 1 unspecified atom stereocenters. The molecule has 160 valence electrons. The largest absolute Gasteiger partial charge is 0.365 e. The van der Waals surface area contributed by atoms with Crippen LogP contribution in [0.15, 0.2) is 23.2 Å². The van der Waals surface area contributed by atoms with Gasteiger partial charge in [-0.2, -0.15) is 0 Å². The summed E-state index contributed by atoms with van der Waals surface area (Å²) in [4.78, 5) is 5.83. The Morgan fingerprint density at radius 3 is 2.57 bits per heavy atom. The fraction of sp³-hybridized carbons (Fsp3) is 0.588. The fourth-order valence-electron chi connectivity index (χ4n) is 2.89. The quantitative estimate of drug-likeness (QED) is 0.206. The van der Waals surface area contributed by atoms with Gasteiger partial charge in [0.05, 0.1) is 5.75 Å². The predicted molar refractivity (Wildman–Crippen MR) is 119 cm³/mol. The highest BCUT2D eigenvalue weighted by Crippen LogP contribution is 2.26. The van der Waals surface area contributed by atoms with Crippen molar-refractivity contribution in [2.45, 2.75) is 25.8 Å². The Morgan fingerprint density at radius 2 is 1.96 bits per heavy atom. The first kappa shape index (κ1) is 24.8. The normalized spacial score (nSPS) is 17.4. The highest BCUT2D eigenvalue weighted by atomic mass is 127. The molecule has 11 heteroatoms. The number of halogens is 3. The molecule has 28 heavy (non-hydrogen) atoms. The molecule has 3 N–H and O–H groups in total. The van der Waals surface area contributed by atoms with E-state index in [9.17, 15) is 17.2 Å². The fourth-order valence-corrected chi connectivity index (χ4v) is 3.54. The number of para-hydroxylation sites is 1. The number of rotatable bonds is 8. The van der Waals surface area contributed by atoms with Crippen LogP contribution in [-0.4, -0.2) is 59.4 Å². The summed E-state index contributed by atoms with van der Waals surface area (Å²) in [5.41, 5.74) is 0.00737. The monoisotopic (exact) mass is 531 g/mol. The predicted octanol–water partition coefficient (Wildman–Crippen LogP) is 1.66. The Hall–Kier alpha value is -1.21. The van der Waals surface area contributed by atoms with Crippen molar-refractivity contribution >= 4 is 45.6 Å². The van der Waals surface area contributed by atoms with E-state index >= 15 is 0 Å². The molecule has 0 radical (unpaired) electrons. The van der Waals surface area contributed by atoms with E-state index in [1.54, 1.807) is 18.9 Å². The Morgan fingerprint density at radius 1 is 1.29 bits per heavy atom. The SMILES string of the molecule is CCS(=O)(=O)NCCCNC(=NC)NC1CCN(c2c(F)cccc2F)C1.I. The van der Waals surface area contributed by atoms with Gasteiger partial charge >= 0.3 is 0 Å². The molecule has 1 aliphatic heterocycles. The van der Waals surface area contributed by atoms with Crippen molar-refractivity contribution in [2.75, 3.05) is 43.9 Å². The van der Waals surface area contributed by atoms with Crippen molar-refractivity contribution in [3.8, 4) is 0 Å². The number of nitrogens with zero attached hydrogens (tertiary/aromatic N) is 2. The van der Waals surface area contributed by atoms with Gasteiger partial charge in [0, 0.05) is 39.3 Å². The highest BCUT2D eigenvalue weighted by molar-refractivity contribution is 14.0. The van der Waals surface area contributed by atoms with Crippen molar-refractivity contribution in [1.29, 1.82) is 0 Å². The van der Waals surface area contributed by atoms with Crippen molar-refractivity contribution < 1.29 is 17.2 Å². The molecule has 0 aromatic heterocycles. The Bertz CT molecular complexity index is 744. The van der Waals surface area contributed by atoms with Crippen LogP contribution in [0.5, 0.6) is 0 Å². The number of hydrogen-bond donors (Lipinski definition) is 3. The third-order valence-corrected chi connectivity index (χ3v) is 5.76. The van der Waals surface area contributed by atoms with Gasteiger partial charge in [0.2, 0.25) is 10.0 Å². The molecule has 7 nitrogen and oxygen atoms in total. The molecule has 1 aliphatic rings. The summed E-state index contributed by atoms with van der Waals surface area (Å²) in [5.74, 6) is -0.487. The van der Waals surface area contributed by atoms with E-state index in [0.29, 0.717) is 38.6 Å². The second-order valence-corrected chi connectivity index (χ2v) is 8.39. The maximum absolute atomic E-state index is 13.9. The number of nitrogens with one attached hydrogen (secondary N) is 3. The van der Waals surface area contributed by atoms with Crippen LogP contribution < -0.4 is 20.3 Å². The first-order valence-electron chi connectivity index (χ1n) is 8.99. The zero-order valence-corrected chi connectivity index (χ0v) is 19.2. The van der Waals surface area contributed by atoms with E-state index in [1.165, 1.54) is 18.2 Å². The molecule has 0 bridgehead atoms. The number of benzene rings is 1. The molecule has 1 fully saturated rings. The maximum Gasteiger partial charge on any atom is 0.211 e. The molecular formula is C17H28F2IN5O2S. The second kappa shape index (κ2) is 11.7. The number of hydrogen-bond acceptors (Lipinski definition) is 4. The average Bonchev–Trinajstić information content (AvgIpc) is 3.08. The van der Waals surface area contributed by atoms with Gasteiger partial charge in [-0.15, -0.1) is 24.0 Å². The molecule has 1 atom stereocenters. The summed E-state index contributed by atoms with van der Waals surface area (Å²) in [6.45, 7) is 3.50. The van der Waals surface area contributed by atoms with Gasteiger partial charge in [-0.1, -0.05) is 6.07 Å². The van der Waals surface area contributed by atoms with E-state index in [4.69, 9.17) is 0 Å². The third kappa shape index (κ3) is 7.32. The van der Waals surface area contributed by atoms with Crippen LogP contribution in [0.1, 0.15) is 19.8 Å². The van der Waals surface area contributed by atoms with E-state index in [2.05, 4.69) is 20.3 Å². The summed E-state index contributed by atoms with van der Waals surface area (Å²) in [7, 11) is -1.54. The molecule has 1 heterocycles. The van der Waals surface area contributed by atoms with Crippen molar-refractivity contribution in [2.24, 2.45) is 4.99 Å². The lowest BCUT2D eigenvalue weighted by atomic mass is 10.2. The number of anilines is 1. The average molecular weight is 531 g/mol. The zero-order chi connectivity index (χ0) is 19.9. The van der Waals surface area contributed by atoms with Gasteiger partial charge < -0.3 is 15.5 Å². The Balaban J connectivity index is 0.00000392. The second-order valence-electron chi connectivity index (χ2n) is 6.30. The lowest BCUT2D eigenvalue weighted by molar-refractivity contribution is 0.575. The minimum atomic E-state index is -3.17. The number of aliphatic imine (C=N–C) groups is 1. The minimum Gasteiger partial charge on any atom is -0.365 e. The smallest absolute Gasteiger partial charge is 0.211 e. The molecule has 1 saturated heterocycles. The molecule has 0 saturated carbocycles. The summed E-state index contributed by atoms with van der Waals surface area (Å²) >= 11 is 0. The lowest BCUT2D eigenvalue weighted by Gasteiger charge is -2.21. The highest BCUT2D eigenvalue weighted by Gasteiger charge is 2.27. The van der Waals surface area contributed by atoms with Crippen molar-refractivity contribution in [3.05, 3.63) is 29.8 Å².